The van der Waals surface area contributed by atoms with Crippen LogP contribution >= 0.6 is 0 Å². The number of carbonyl (C=O) groups is 4. The Hall–Kier alpha value is -3.01. The first kappa shape index (κ1) is 26.0. The molecule has 0 aliphatic rings. The van der Waals surface area contributed by atoms with Crippen LogP contribution in [0.25, 0.3) is 0 Å². The summed E-state index contributed by atoms with van der Waals surface area (Å²) in [6, 6.07) is 2.90. The summed E-state index contributed by atoms with van der Waals surface area (Å²) in [6.45, 7) is 5.73. The number of carboxylic acid groups (broad SMARTS) is 1. The molecule has 31 heavy (non-hydrogen) atoms. The number of methoxy groups -OCH3 is 1. The largest absolute Gasteiger partial charge is 0.480 e. The van der Waals surface area contributed by atoms with Gasteiger partial charge in [-0.15, -0.1) is 6.58 Å². The molecule has 0 saturated carbocycles. The highest BCUT2D eigenvalue weighted by Gasteiger charge is 2.29. The predicted molar refractivity (Wildman–Crippen MR) is 113 cm³/mol. The Kier molecular flexibility index (Phi) is 10.1. The zero-order valence-corrected chi connectivity index (χ0v) is 18.3. The molecule has 1 rings (SSSR count). The van der Waals surface area contributed by atoms with Crippen molar-refractivity contribution in [3.8, 4) is 0 Å². The number of rotatable bonds is 12. The number of allylic oxidation sites excluding steroid dienone is 1. The molecular formula is C21H27NO8S. The summed E-state index contributed by atoms with van der Waals surface area (Å²) >= 11 is 0. The lowest BCUT2D eigenvalue weighted by molar-refractivity contribution is -0.154. The first-order valence-corrected chi connectivity index (χ1v) is 11.2. The number of hydrogen-bond donors (Lipinski definition) is 2. The molecule has 1 aromatic rings. The molecule has 0 saturated heterocycles. The third-order valence-corrected chi connectivity index (χ3v) is 6.05. The zero-order valence-electron chi connectivity index (χ0n) is 17.5. The topological polar surface area (TPSA) is 144 Å². The fraction of sp³-hybridized carbons (Fsp3) is 0.429. The van der Waals surface area contributed by atoms with E-state index in [2.05, 4.69) is 11.3 Å². The van der Waals surface area contributed by atoms with Crippen LogP contribution in [0.3, 0.4) is 0 Å². The monoisotopic (exact) mass is 453 g/mol. The van der Waals surface area contributed by atoms with Gasteiger partial charge in [0.15, 0.2) is 0 Å². The maximum absolute atomic E-state index is 12.5. The molecule has 0 aromatic heterocycles. The summed E-state index contributed by atoms with van der Waals surface area (Å²) in [5.74, 6) is -3.68. The van der Waals surface area contributed by atoms with Gasteiger partial charge in [-0.2, -0.15) is 0 Å². The van der Waals surface area contributed by atoms with Gasteiger partial charge in [0.2, 0.25) is 15.5 Å². The van der Waals surface area contributed by atoms with Crippen LogP contribution in [0.1, 0.15) is 37.3 Å². The summed E-state index contributed by atoms with van der Waals surface area (Å²) in [5, 5.41) is 11.4. The first-order chi connectivity index (χ1) is 14.6. The van der Waals surface area contributed by atoms with E-state index in [1.807, 2.05) is 18.3 Å². The Bertz CT molecular complexity index is 939. The highest BCUT2D eigenvalue weighted by atomic mass is 32.2. The SMILES string of the molecule is C=CCC(C)CCCc1cccc(C[C@H](NC(=O)C(=O)OC)C(=O)O)c1S(=O)(=O)C=O. The first-order valence-electron chi connectivity index (χ1n) is 9.60. The molecule has 1 aromatic carbocycles. The molecule has 0 radical (unpaired) electrons. The van der Waals surface area contributed by atoms with Crippen molar-refractivity contribution >= 4 is 33.3 Å². The number of esters is 1. The van der Waals surface area contributed by atoms with E-state index < -0.39 is 40.1 Å². The second kappa shape index (κ2) is 12.0. The van der Waals surface area contributed by atoms with E-state index in [0.717, 1.165) is 20.0 Å². The second-order valence-corrected chi connectivity index (χ2v) is 8.82. The lowest BCUT2D eigenvalue weighted by Gasteiger charge is -2.18. The minimum absolute atomic E-state index is 0.0568. The van der Waals surface area contributed by atoms with Crippen LogP contribution in [0.15, 0.2) is 35.7 Å². The van der Waals surface area contributed by atoms with Gasteiger partial charge >= 0.3 is 17.8 Å². The van der Waals surface area contributed by atoms with Gasteiger partial charge in [0, 0.05) is 6.42 Å². The highest BCUT2D eigenvalue weighted by Crippen LogP contribution is 2.25. The van der Waals surface area contributed by atoms with Crippen LogP contribution in [0.5, 0.6) is 0 Å². The van der Waals surface area contributed by atoms with Gasteiger partial charge in [-0.1, -0.05) is 37.6 Å². The minimum atomic E-state index is -4.34. The number of amides is 1. The van der Waals surface area contributed by atoms with Crippen LogP contribution in [0.2, 0.25) is 0 Å². The summed E-state index contributed by atoms with van der Waals surface area (Å²) < 4.78 is 29.2. The van der Waals surface area contributed by atoms with Crippen LogP contribution in [-0.2, 0) is 46.6 Å². The Morgan fingerprint density at radius 1 is 1.26 bits per heavy atom. The molecule has 0 spiro atoms. The number of sulfone groups is 1. The Balaban J connectivity index is 3.25. The normalized spacial score (nSPS) is 13.0. The summed E-state index contributed by atoms with van der Waals surface area (Å²) in [5.41, 5.74) is 0.263. The van der Waals surface area contributed by atoms with E-state index in [1.54, 1.807) is 12.1 Å². The maximum atomic E-state index is 12.5. The second-order valence-electron chi connectivity index (χ2n) is 7.13. The molecule has 0 aliphatic heterocycles. The average molecular weight is 454 g/mol. The number of carboxylic acids is 1. The van der Waals surface area contributed by atoms with E-state index in [-0.39, 0.29) is 16.1 Å². The summed E-state index contributed by atoms with van der Waals surface area (Å²) in [6.07, 6.45) is 4.01. The highest BCUT2D eigenvalue weighted by molar-refractivity contribution is 8.04. The molecule has 9 nitrogen and oxygen atoms in total. The van der Waals surface area contributed by atoms with Crippen LogP contribution in [0.4, 0.5) is 0 Å². The Morgan fingerprint density at radius 3 is 2.45 bits per heavy atom. The third-order valence-electron chi connectivity index (χ3n) is 4.70. The van der Waals surface area contributed by atoms with Crippen LogP contribution in [-0.4, -0.2) is 50.1 Å². The fourth-order valence-corrected chi connectivity index (χ4v) is 4.33. The molecule has 10 heteroatoms. The van der Waals surface area contributed by atoms with Crippen molar-refractivity contribution in [1.29, 1.82) is 0 Å². The molecule has 2 N–H and O–H groups in total. The van der Waals surface area contributed by atoms with Crippen molar-refractivity contribution in [2.75, 3.05) is 7.11 Å². The Labute approximate surface area is 181 Å². The quantitative estimate of drug-likeness (QED) is 0.210. The van der Waals surface area contributed by atoms with Gasteiger partial charge in [-0.25, -0.2) is 18.0 Å². The van der Waals surface area contributed by atoms with Crippen molar-refractivity contribution in [3.05, 3.63) is 42.0 Å². The summed E-state index contributed by atoms with van der Waals surface area (Å²) in [7, 11) is -3.37. The smallest absolute Gasteiger partial charge is 0.396 e. The molecule has 0 heterocycles. The summed E-state index contributed by atoms with van der Waals surface area (Å²) in [4.78, 5) is 45.6. The number of hydrogen-bond acceptors (Lipinski definition) is 7. The van der Waals surface area contributed by atoms with Gasteiger partial charge in [-0.05, 0) is 36.3 Å². The van der Waals surface area contributed by atoms with Gasteiger partial charge in [-0.3, -0.25) is 9.59 Å². The van der Waals surface area contributed by atoms with E-state index in [0.29, 0.717) is 24.3 Å². The molecule has 0 aliphatic carbocycles. The number of carbonyl (C=O) groups excluding carboxylic acids is 3. The fourth-order valence-electron chi connectivity index (χ4n) is 3.18. The van der Waals surface area contributed by atoms with Crippen LogP contribution in [0, 0.1) is 5.92 Å². The molecule has 1 amide bonds. The number of benzene rings is 1. The number of aryl methyl sites for hydroxylation is 1. The van der Waals surface area contributed by atoms with Crippen molar-refractivity contribution in [3.63, 3.8) is 0 Å². The van der Waals surface area contributed by atoms with Crippen molar-refractivity contribution in [2.24, 2.45) is 5.92 Å². The molecule has 0 bridgehead atoms. The van der Waals surface area contributed by atoms with E-state index in [4.69, 9.17) is 0 Å². The standard InChI is InChI=1S/C21H27NO8S/c1-4-7-14(2)8-5-9-15-10-6-11-16(18(15)31(28,29)13-23)12-17(20(25)26)22-19(24)21(27)30-3/h4,6,10-11,13-14,17H,1,5,7-9,12H2,2-3H3,(H,22,24)(H,25,26)/t14?,17-/m0/s1. The lowest BCUT2D eigenvalue weighted by atomic mass is 9.96. The predicted octanol–water partition coefficient (Wildman–Crippen LogP) is 1.47. The molecule has 0 fully saturated rings. The van der Waals surface area contributed by atoms with Gasteiger partial charge < -0.3 is 15.2 Å². The number of aliphatic carboxylic acids is 1. The molecular weight excluding hydrogens is 426 g/mol. The minimum Gasteiger partial charge on any atom is -0.480 e. The van der Waals surface area contributed by atoms with E-state index >= 15 is 0 Å². The molecule has 170 valence electrons. The number of ether oxygens (including phenoxy) is 1. The molecule has 1 unspecified atom stereocenters. The van der Waals surface area contributed by atoms with Crippen molar-refractivity contribution in [2.45, 2.75) is 50.0 Å². The zero-order chi connectivity index (χ0) is 23.6. The lowest BCUT2D eigenvalue weighted by Crippen LogP contribution is -2.45. The van der Waals surface area contributed by atoms with E-state index in [1.165, 1.54) is 6.07 Å². The Morgan fingerprint density at radius 2 is 1.90 bits per heavy atom. The maximum Gasteiger partial charge on any atom is 0.396 e. The van der Waals surface area contributed by atoms with Gasteiger partial charge in [0.1, 0.15) is 6.04 Å². The molecule has 2 atom stereocenters. The van der Waals surface area contributed by atoms with Crippen LogP contribution < -0.4 is 5.32 Å². The average Bonchev–Trinajstić information content (AvgIpc) is 2.72. The third kappa shape index (κ3) is 7.63. The van der Waals surface area contributed by atoms with Gasteiger partial charge in [0.25, 0.3) is 0 Å². The van der Waals surface area contributed by atoms with E-state index in [9.17, 15) is 32.7 Å². The number of nitrogens with one attached hydrogen (secondary N) is 1. The van der Waals surface area contributed by atoms with Crippen molar-refractivity contribution in [1.82, 2.24) is 5.32 Å². The van der Waals surface area contributed by atoms with Gasteiger partial charge in [0.05, 0.1) is 12.0 Å². The van der Waals surface area contributed by atoms with Crippen molar-refractivity contribution < 1.29 is 37.4 Å².